The van der Waals surface area contributed by atoms with Crippen LogP contribution in [0.15, 0.2) is 59.4 Å². The van der Waals surface area contributed by atoms with Crippen molar-refractivity contribution in [1.82, 2.24) is 9.78 Å². The number of carbonyl (C=O) groups is 1. The Labute approximate surface area is 164 Å². The molecule has 1 aromatic heterocycles. The second kappa shape index (κ2) is 8.75. The fourth-order valence-corrected chi connectivity index (χ4v) is 2.71. The van der Waals surface area contributed by atoms with Gasteiger partial charge in [-0.1, -0.05) is 23.7 Å². The summed E-state index contributed by atoms with van der Waals surface area (Å²) in [4.78, 5) is 23.9. The number of amides is 1. The van der Waals surface area contributed by atoms with E-state index in [1.807, 2.05) is 0 Å². The molecule has 2 aromatic carbocycles. The van der Waals surface area contributed by atoms with Crippen LogP contribution in [0.4, 0.5) is 14.5 Å². The van der Waals surface area contributed by atoms with Gasteiger partial charge in [0.25, 0.3) is 5.56 Å². The monoisotopic (exact) mass is 403 g/mol. The van der Waals surface area contributed by atoms with Gasteiger partial charge in [-0.25, -0.2) is 13.5 Å². The van der Waals surface area contributed by atoms with Crippen LogP contribution in [-0.4, -0.2) is 15.7 Å². The Morgan fingerprint density at radius 1 is 1.07 bits per heavy atom. The average molecular weight is 404 g/mol. The van der Waals surface area contributed by atoms with Crippen LogP contribution >= 0.6 is 11.6 Å². The quantitative estimate of drug-likeness (QED) is 0.668. The van der Waals surface area contributed by atoms with Gasteiger partial charge in [0.05, 0.1) is 11.4 Å². The van der Waals surface area contributed by atoms with E-state index < -0.39 is 17.5 Å². The lowest BCUT2D eigenvalue weighted by Crippen LogP contribution is -2.23. The fourth-order valence-electron chi connectivity index (χ4n) is 2.58. The number of rotatable bonds is 6. The molecule has 0 fully saturated rings. The molecule has 0 aliphatic rings. The molecular formula is C20H16ClF2N3O2. The van der Waals surface area contributed by atoms with Crippen molar-refractivity contribution in [3.63, 3.8) is 0 Å². The van der Waals surface area contributed by atoms with Gasteiger partial charge < -0.3 is 5.32 Å². The summed E-state index contributed by atoms with van der Waals surface area (Å²) in [5.74, 6) is -1.85. The number of hydrogen-bond acceptors (Lipinski definition) is 3. The summed E-state index contributed by atoms with van der Waals surface area (Å²) in [5, 5.41) is 7.21. The molecule has 1 heterocycles. The van der Waals surface area contributed by atoms with Crippen molar-refractivity contribution in [2.24, 2.45) is 0 Å². The normalized spacial score (nSPS) is 10.7. The summed E-state index contributed by atoms with van der Waals surface area (Å²) in [6.07, 6.45) is 0.328. The first-order valence-electron chi connectivity index (χ1n) is 8.51. The highest BCUT2D eigenvalue weighted by atomic mass is 35.5. The minimum atomic E-state index is -0.719. The van der Waals surface area contributed by atoms with E-state index in [0.29, 0.717) is 17.1 Å². The van der Waals surface area contributed by atoms with Gasteiger partial charge in [0.15, 0.2) is 0 Å². The van der Waals surface area contributed by atoms with Crippen LogP contribution in [-0.2, 0) is 11.3 Å². The maximum atomic E-state index is 13.6. The number of aryl methyl sites for hydroxylation is 1. The number of aromatic nitrogens is 2. The van der Waals surface area contributed by atoms with Crippen molar-refractivity contribution in [2.75, 3.05) is 5.32 Å². The zero-order valence-electron chi connectivity index (χ0n) is 14.7. The molecule has 5 nitrogen and oxygen atoms in total. The summed E-state index contributed by atoms with van der Waals surface area (Å²) in [6.45, 7) is 0.208. The van der Waals surface area contributed by atoms with Crippen LogP contribution in [0.3, 0.4) is 0 Å². The highest BCUT2D eigenvalue weighted by Gasteiger charge is 2.09. The van der Waals surface area contributed by atoms with Crippen LogP contribution in [0, 0.1) is 11.6 Å². The SMILES string of the molecule is O=C(CCCn1nc(-c2ccc(Cl)cc2)ccc1=O)Nc1cc(F)ccc1F. The molecular weight excluding hydrogens is 388 g/mol. The maximum Gasteiger partial charge on any atom is 0.266 e. The van der Waals surface area contributed by atoms with Crippen LogP contribution in [0.25, 0.3) is 11.3 Å². The molecule has 0 spiro atoms. The molecule has 0 aliphatic heterocycles. The molecule has 0 bridgehead atoms. The zero-order valence-corrected chi connectivity index (χ0v) is 15.4. The maximum absolute atomic E-state index is 13.6. The number of carbonyl (C=O) groups excluding carboxylic acids is 1. The van der Waals surface area contributed by atoms with Gasteiger partial charge in [-0.15, -0.1) is 0 Å². The highest BCUT2D eigenvalue weighted by molar-refractivity contribution is 6.30. The van der Waals surface area contributed by atoms with Gasteiger partial charge in [-0.2, -0.15) is 5.10 Å². The van der Waals surface area contributed by atoms with E-state index >= 15 is 0 Å². The lowest BCUT2D eigenvalue weighted by atomic mass is 10.1. The Kier molecular flexibility index (Phi) is 6.16. The lowest BCUT2D eigenvalue weighted by Gasteiger charge is -2.08. The van der Waals surface area contributed by atoms with Gasteiger partial charge in [0.1, 0.15) is 11.6 Å². The van der Waals surface area contributed by atoms with Crippen LogP contribution in [0.1, 0.15) is 12.8 Å². The predicted octanol–water partition coefficient (Wildman–Crippen LogP) is 4.26. The van der Waals surface area contributed by atoms with E-state index in [-0.39, 0.29) is 24.2 Å². The molecule has 0 radical (unpaired) electrons. The van der Waals surface area contributed by atoms with E-state index in [9.17, 15) is 18.4 Å². The average Bonchev–Trinajstić information content (AvgIpc) is 2.67. The summed E-state index contributed by atoms with van der Waals surface area (Å²) in [7, 11) is 0. The van der Waals surface area contributed by atoms with Crippen molar-refractivity contribution in [1.29, 1.82) is 0 Å². The summed E-state index contributed by atoms with van der Waals surface area (Å²) in [5.41, 5.74) is 0.888. The number of nitrogens with zero attached hydrogens (tertiary/aromatic N) is 2. The fraction of sp³-hybridized carbons (Fsp3) is 0.150. The lowest BCUT2D eigenvalue weighted by molar-refractivity contribution is -0.116. The van der Waals surface area contributed by atoms with Gasteiger partial charge in [-0.05, 0) is 36.8 Å². The Morgan fingerprint density at radius 3 is 2.57 bits per heavy atom. The van der Waals surface area contributed by atoms with Gasteiger partial charge >= 0.3 is 0 Å². The van der Waals surface area contributed by atoms with E-state index in [2.05, 4.69) is 10.4 Å². The Bertz CT molecular complexity index is 1050. The van der Waals surface area contributed by atoms with E-state index in [1.165, 1.54) is 10.7 Å². The smallest absolute Gasteiger partial charge is 0.266 e. The standard InChI is InChI=1S/C20H16ClF2N3O2/c21-14-5-3-13(4-6-14)17-9-10-20(28)26(25-17)11-1-2-19(27)24-18-12-15(22)7-8-16(18)23/h3-10,12H,1-2,11H2,(H,24,27). The van der Waals surface area contributed by atoms with Gasteiger partial charge in [0.2, 0.25) is 5.91 Å². The Morgan fingerprint density at radius 2 is 1.82 bits per heavy atom. The summed E-state index contributed by atoms with van der Waals surface area (Å²) >= 11 is 5.87. The second-order valence-electron chi connectivity index (χ2n) is 6.06. The van der Waals surface area contributed by atoms with Crippen molar-refractivity contribution >= 4 is 23.2 Å². The van der Waals surface area contributed by atoms with Gasteiger partial charge in [0, 0.05) is 35.7 Å². The minimum absolute atomic E-state index is 0.0231. The van der Waals surface area contributed by atoms with E-state index in [1.54, 1.807) is 30.3 Å². The number of hydrogen-bond donors (Lipinski definition) is 1. The molecule has 8 heteroatoms. The third-order valence-corrected chi connectivity index (χ3v) is 4.23. The van der Waals surface area contributed by atoms with Crippen molar-refractivity contribution < 1.29 is 13.6 Å². The molecule has 0 saturated carbocycles. The van der Waals surface area contributed by atoms with Crippen molar-refractivity contribution in [3.05, 3.63) is 81.6 Å². The van der Waals surface area contributed by atoms with E-state index in [0.717, 1.165) is 23.8 Å². The Hall–Kier alpha value is -3.06. The zero-order chi connectivity index (χ0) is 20.1. The molecule has 0 aliphatic carbocycles. The van der Waals surface area contributed by atoms with Crippen molar-refractivity contribution in [3.8, 4) is 11.3 Å². The second-order valence-corrected chi connectivity index (χ2v) is 6.50. The Balaban J connectivity index is 1.62. The van der Waals surface area contributed by atoms with Crippen molar-refractivity contribution in [2.45, 2.75) is 19.4 Å². The van der Waals surface area contributed by atoms with Crippen LogP contribution in [0.5, 0.6) is 0 Å². The largest absolute Gasteiger partial charge is 0.324 e. The molecule has 0 atom stereocenters. The summed E-state index contributed by atoms with van der Waals surface area (Å²) < 4.78 is 28.0. The molecule has 3 aromatic rings. The van der Waals surface area contributed by atoms with Crippen LogP contribution < -0.4 is 10.9 Å². The molecule has 3 rings (SSSR count). The summed E-state index contributed by atoms with van der Waals surface area (Å²) in [6, 6.07) is 12.9. The topological polar surface area (TPSA) is 64.0 Å². The number of nitrogens with one attached hydrogen (secondary N) is 1. The number of anilines is 1. The van der Waals surface area contributed by atoms with Gasteiger partial charge in [-0.3, -0.25) is 9.59 Å². The molecule has 0 saturated heterocycles. The third kappa shape index (κ3) is 5.01. The molecule has 144 valence electrons. The number of benzene rings is 2. The highest BCUT2D eigenvalue weighted by Crippen LogP contribution is 2.19. The molecule has 1 N–H and O–H groups in total. The predicted molar refractivity (Wildman–Crippen MR) is 103 cm³/mol. The third-order valence-electron chi connectivity index (χ3n) is 3.98. The van der Waals surface area contributed by atoms with Crippen LogP contribution in [0.2, 0.25) is 5.02 Å². The first-order valence-corrected chi connectivity index (χ1v) is 8.89. The molecule has 28 heavy (non-hydrogen) atoms. The molecule has 0 unspecified atom stereocenters. The molecule has 1 amide bonds. The minimum Gasteiger partial charge on any atom is -0.324 e. The first kappa shape index (κ1) is 19.7. The first-order chi connectivity index (χ1) is 13.4. The van der Waals surface area contributed by atoms with E-state index in [4.69, 9.17) is 11.6 Å². The number of halogens is 3.